The van der Waals surface area contributed by atoms with Crippen LogP contribution < -0.4 is 5.43 Å². The number of hydrogen-bond donors (Lipinski definition) is 1. The number of hydrazine groups is 2. The fourth-order valence-electron chi connectivity index (χ4n) is 0.0816. The van der Waals surface area contributed by atoms with Gasteiger partial charge in [-0.1, -0.05) is 5.12 Å². The van der Waals surface area contributed by atoms with E-state index >= 15 is 0 Å². The fraction of sp³-hybridized carbons (Fsp3) is 1.00. The molecule has 0 unspecified atom stereocenters. The third-order valence-corrected chi connectivity index (χ3v) is 0.569. The highest BCUT2D eigenvalue weighted by atomic mass is 16.7. The van der Waals surface area contributed by atoms with E-state index in [0.29, 0.717) is 0 Å². The van der Waals surface area contributed by atoms with Gasteiger partial charge in [-0.25, -0.2) is 10.1 Å². The molecule has 0 atom stereocenters. The van der Waals surface area contributed by atoms with Gasteiger partial charge in [-0.05, 0) is 0 Å². The van der Waals surface area contributed by atoms with Crippen LogP contribution in [-0.4, -0.2) is 24.2 Å². The normalized spacial score (nSPS) is 8.29. The zero-order valence-electron chi connectivity index (χ0n) is 4.21. The van der Waals surface area contributed by atoms with Gasteiger partial charge in [0.2, 0.25) is 0 Å². The highest BCUT2D eigenvalue weighted by Gasteiger charge is 1.98. The van der Waals surface area contributed by atoms with E-state index < -0.39 is 5.03 Å². The summed E-state index contributed by atoms with van der Waals surface area (Å²) in [4.78, 5) is 9.60. The van der Waals surface area contributed by atoms with E-state index in [9.17, 15) is 10.1 Å². The first-order valence-corrected chi connectivity index (χ1v) is 1.74. The van der Waals surface area contributed by atoms with Gasteiger partial charge in [0.1, 0.15) is 0 Å². The Kier molecular flexibility index (Phi) is 2.07. The Bertz CT molecular complexity index is 73.3. The lowest BCUT2D eigenvalue weighted by Crippen LogP contribution is -2.35. The smallest absolute Gasteiger partial charge is 0.176 e. The number of hydrogen-bond acceptors (Lipinski definition) is 3. The lowest BCUT2D eigenvalue weighted by molar-refractivity contribution is -0.662. The van der Waals surface area contributed by atoms with E-state index in [0.717, 1.165) is 5.12 Å². The van der Waals surface area contributed by atoms with Crippen molar-refractivity contribution in [2.75, 3.05) is 14.1 Å². The Balaban J connectivity index is 3.34. The standard InChI is InChI=1S/C2H7N3O2/c1-3-4(2)5(6)7/h3H,1-2H3. The summed E-state index contributed by atoms with van der Waals surface area (Å²) in [6.07, 6.45) is 0. The molecule has 0 aromatic rings. The second kappa shape index (κ2) is 2.35. The van der Waals surface area contributed by atoms with Gasteiger partial charge in [0.15, 0.2) is 5.03 Å². The highest BCUT2D eigenvalue weighted by molar-refractivity contribution is 4.07. The minimum Gasteiger partial charge on any atom is -0.234 e. The average Bonchev–Trinajstić information content (AvgIpc) is 1.65. The monoisotopic (exact) mass is 105 g/mol. The molecule has 0 heterocycles. The summed E-state index contributed by atoms with van der Waals surface area (Å²) < 4.78 is 0. The molecule has 0 saturated heterocycles. The third-order valence-electron chi connectivity index (χ3n) is 0.569. The second-order valence-electron chi connectivity index (χ2n) is 0.985. The molecule has 0 fully saturated rings. The number of nitro groups is 1. The molecule has 0 spiro atoms. The van der Waals surface area contributed by atoms with Gasteiger partial charge in [0, 0.05) is 7.05 Å². The maximum Gasteiger partial charge on any atom is 0.176 e. The summed E-state index contributed by atoms with van der Waals surface area (Å²) in [5.74, 6) is 0. The molecule has 0 amide bonds. The van der Waals surface area contributed by atoms with Crippen molar-refractivity contribution in [2.24, 2.45) is 0 Å². The van der Waals surface area contributed by atoms with Crippen molar-refractivity contribution in [3.63, 3.8) is 0 Å². The summed E-state index contributed by atoms with van der Waals surface area (Å²) in [6, 6.07) is 0. The van der Waals surface area contributed by atoms with Crippen molar-refractivity contribution in [3.8, 4) is 0 Å². The van der Waals surface area contributed by atoms with Crippen molar-refractivity contribution < 1.29 is 5.03 Å². The number of rotatable bonds is 2. The SMILES string of the molecule is CNN(C)[N+](=O)[O-]. The van der Waals surface area contributed by atoms with Crippen molar-refractivity contribution in [3.05, 3.63) is 10.1 Å². The lowest BCUT2D eigenvalue weighted by atomic mass is 11.3. The van der Waals surface area contributed by atoms with Crippen LogP contribution in [0.1, 0.15) is 0 Å². The number of nitrogens with zero attached hydrogens (tertiary/aromatic N) is 2. The summed E-state index contributed by atoms with van der Waals surface area (Å²) in [6.45, 7) is 0. The molecular formula is C2H7N3O2. The molecule has 0 rings (SSSR count). The van der Waals surface area contributed by atoms with Crippen LogP contribution in [0.3, 0.4) is 0 Å². The van der Waals surface area contributed by atoms with Gasteiger partial charge in [0.25, 0.3) is 0 Å². The number of nitrogens with one attached hydrogen (secondary N) is 1. The van der Waals surface area contributed by atoms with Gasteiger partial charge < -0.3 is 0 Å². The molecule has 0 aliphatic carbocycles. The summed E-state index contributed by atoms with van der Waals surface area (Å²) in [5.41, 5.74) is 2.30. The maximum absolute atomic E-state index is 9.60. The van der Waals surface area contributed by atoms with E-state index in [-0.39, 0.29) is 0 Å². The van der Waals surface area contributed by atoms with E-state index in [1.165, 1.54) is 14.1 Å². The van der Waals surface area contributed by atoms with Crippen LogP contribution in [-0.2, 0) is 0 Å². The van der Waals surface area contributed by atoms with Crippen molar-refractivity contribution in [2.45, 2.75) is 0 Å². The Labute approximate surface area is 41.0 Å². The molecule has 0 bridgehead atoms. The third kappa shape index (κ3) is 1.94. The van der Waals surface area contributed by atoms with Crippen LogP contribution in [0.2, 0.25) is 0 Å². The van der Waals surface area contributed by atoms with Gasteiger partial charge >= 0.3 is 0 Å². The second-order valence-corrected chi connectivity index (χ2v) is 0.985. The van der Waals surface area contributed by atoms with Crippen LogP contribution in [0.25, 0.3) is 0 Å². The van der Waals surface area contributed by atoms with Gasteiger partial charge in [-0.15, -0.1) is 0 Å². The van der Waals surface area contributed by atoms with Crippen LogP contribution in [0.4, 0.5) is 0 Å². The van der Waals surface area contributed by atoms with E-state index in [1.807, 2.05) is 0 Å². The predicted octanol–water partition coefficient (Wildman–Crippen LogP) is -0.756. The highest BCUT2D eigenvalue weighted by Crippen LogP contribution is 1.67. The Morgan fingerprint density at radius 1 is 1.86 bits per heavy atom. The fourth-order valence-corrected chi connectivity index (χ4v) is 0.0816. The Hall–Kier alpha value is -0.840. The van der Waals surface area contributed by atoms with Crippen LogP contribution in [0.5, 0.6) is 0 Å². The summed E-state index contributed by atoms with van der Waals surface area (Å²) >= 11 is 0. The largest absolute Gasteiger partial charge is 0.234 e. The lowest BCUT2D eigenvalue weighted by Gasteiger charge is -2.02. The van der Waals surface area contributed by atoms with Crippen LogP contribution in [0.15, 0.2) is 0 Å². The molecule has 5 heteroatoms. The summed E-state index contributed by atoms with van der Waals surface area (Å²) in [7, 11) is 2.79. The molecule has 0 aromatic heterocycles. The van der Waals surface area contributed by atoms with E-state index in [2.05, 4.69) is 5.43 Å². The first-order chi connectivity index (χ1) is 3.18. The Morgan fingerprint density at radius 3 is 2.29 bits per heavy atom. The zero-order chi connectivity index (χ0) is 5.86. The van der Waals surface area contributed by atoms with Crippen molar-refractivity contribution in [1.82, 2.24) is 10.5 Å². The molecular weight excluding hydrogens is 98.0 g/mol. The van der Waals surface area contributed by atoms with Gasteiger partial charge in [0.05, 0.1) is 7.05 Å². The minimum atomic E-state index is -0.556. The first kappa shape index (κ1) is 6.16. The maximum atomic E-state index is 9.60. The van der Waals surface area contributed by atoms with Crippen molar-refractivity contribution in [1.29, 1.82) is 0 Å². The molecule has 0 aromatic carbocycles. The topological polar surface area (TPSA) is 58.4 Å². The molecule has 42 valence electrons. The molecule has 5 nitrogen and oxygen atoms in total. The predicted molar refractivity (Wildman–Crippen MR) is 23.8 cm³/mol. The zero-order valence-corrected chi connectivity index (χ0v) is 4.21. The van der Waals surface area contributed by atoms with E-state index in [4.69, 9.17) is 0 Å². The van der Waals surface area contributed by atoms with Crippen LogP contribution >= 0.6 is 0 Å². The molecule has 0 saturated carbocycles. The molecule has 1 N–H and O–H groups in total. The molecule has 7 heavy (non-hydrogen) atoms. The quantitative estimate of drug-likeness (QED) is 0.370. The van der Waals surface area contributed by atoms with Gasteiger partial charge in [-0.2, -0.15) is 5.43 Å². The van der Waals surface area contributed by atoms with Crippen molar-refractivity contribution >= 4 is 0 Å². The minimum absolute atomic E-state index is 0.556. The van der Waals surface area contributed by atoms with E-state index in [1.54, 1.807) is 0 Å². The van der Waals surface area contributed by atoms with Crippen LogP contribution in [0, 0.1) is 10.1 Å². The Morgan fingerprint density at radius 2 is 2.29 bits per heavy atom. The summed E-state index contributed by atoms with van der Waals surface area (Å²) in [5, 5.41) is 9.81. The van der Waals surface area contributed by atoms with Gasteiger partial charge in [-0.3, -0.25) is 0 Å². The average molecular weight is 105 g/mol. The molecule has 0 aliphatic heterocycles. The molecule has 0 radical (unpaired) electrons. The first-order valence-electron chi connectivity index (χ1n) is 1.74. The molecule has 0 aliphatic rings.